The molecule has 2 fully saturated rings. The zero-order valence-electron chi connectivity index (χ0n) is 18.1. The molecule has 3 atom stereocenters. The molecule has 2 amide bonds. The van der Waals surface area contributed by atoms with E-state index in [0.717, 1.165) is 18.4 Å². The summed E-state index contributed by atoms with van der Waals surface area (Å²) in [4.78, 5) is 30.2. The molecule has 6 heteroatoms. The molecule has 1 saturated heterocycles. The lowest BCUT2D eigenvalue weighted by atomic mass is 9.83. The Morgan fingerprint density at radius 1 is 1.16 bits per heavy atom. The van der Waals surface area contributed by atoms with Gasteiger partial charge >= 0.3 is 0 Å². The average Bonchev–Trinajstić information content (AvgIpc) is 3.11. The first-order chi connectivity index (χ1) is 14.9. The van der Waals surface area contributed by atoms with Crippen LogP contribution in [0.5, 0.6) is 0 Å². The molecule has 0 radical (unpaired) electrons. The smallest absolute Gasteiger partial charge is 0.259 e. The number of likely N-dealkylation sites (N-methyl/N-ethyl adjacent to an activating group) is 1. The number of ether oxygens (including phenoxy) is 1. The number of hydrogen-bond acceptors (Lipinski definition) is 3. The maximum absolute atomic E-state index is 14.5. The van der Waals surface area contributed by atoms with Gasteiger partial charge in [-0.2, -0.15) is 0 Å². The lowest BCUT2D eigenvalue weighted by molar-refractivity contribution is -0.137. The van der Waals surface area contributed by atoms with Crippen LogP contribution in [0.3, 0.4) is 0 Å². The minimum absolute atomic E-state index is 0.0193. The van der Waals surface area contributed by atoms with Gasteiger partial charge in [0.1, 0.15) is 17.6 Å². The molecule has 4 rings (SSSR count). The minimum Gasteiger partial charge on any atom is -0.353 e. The predicted molar refractivity (Wildman–Crippen MR) is 116 cm³/mol. The van der Waals surface area contributed by atoms with Crippen molar-refractivity contribution in [3.63, 3.8) is 0 Å². The summed E-state index contributed by atoms with van der Waals surface area (Å²) < 4.78 is 20.7. The molecule has 164 valence electrons. The number of rotatable bonds is 4. The van der Waals surface area contributed by atoms with Crippen molar-refractivity contribution in [2.24, 2.45) is 5.92 Å². The van der Waals surface area contributed by atoms with Gasteiger partial charge in [0, 0.05) is 13.6 Å². The average molecular weight is 425 g/mol. The topological polar surface area (TPSA) is 49.9 Å². The molecule has 0 bridgehead atoms. The summed E-state index contributed by atoms with van der Waals surface area (Å²) in [5.41, 5.74) is 0.129. The van der Waals surface area contributed by atoms with Crippen molar-refractivity contribution in [3.8, 4) is 0 Å². The molecule has 2 aromatic rings. The van der Waals surface area contributed by atoms with Crippen LogP contribution >= 0.6 is 0 Å². The Hall–Kier alpha value is -2.73. The number of carbonyl (C=O) groups excluding carboxylic acids is 2. The van der Waals surface area contributed by atoms with Gasteiger partial charge in [0.15, 0.2) is 0 Å². The molecular weight excluding hydrogens is 395 g/mol. The molecule has 1 spiro atoms. The predicted octanol–water partition coefficient (Wildman–Crippen LogP) is 4.23. The van der Waals surface area contributed by atoms with Crippen molar-refractivity contribution in [1.82, 2.24) is 9.80 Å². The molecule has 1 aliphatic carbocycles. The number of hydrogen-bond donors (Lipinski definition) is 0. The van der Waals surface area contributed by atoms with Crippen molar-refractivity contribution in [2.75, 3.05) is 13.7 Å². The monoisotopic (exact) mass is 424 g/mol. The lowest BCUT2D eigenvalue weighted by Crippen LogP contribution is -2.57. The molecule has 0 N–H and O–H groups in total. The van der Waals surface area contributed by atoms with Gasteiger partial charge in [-0.25, -0.2) is 4.39 Å². The summed E-state index contributed by atoms with van der Waals surface area (Å²) in [6.45, 7) is 2.69. The van der Waals surface area contributed by atoms with Gasteiger partial charge in [0.05, 0.1) is 12.2 Å². The third-order valence-electron chi connectivity index (χ3n) is 6.44. The Labute approximate surface area is 182 Å². The first-order valence-corrected chi connectivity index (χ1v) is 10.9. The second-order valence-electron chi connectivity index (χ2n) is 8.81. The third-order valence-corrected chi connectivity index (χ3v) is 6.44. The Morgan fingerprint density at radius 2 is 1.87 bits per heavy atom. The number of carbonyl (C=O) groups is 2. The molecule has 31 heavy (non-hydrogen) atoms. The van der Waals surface area contributed by atoms with Gasteiger partial charge in [-0.3, -0.25) is 14.5 Å². The number of halogens is 1. The van der Waals surface area contributed by atoms with E-state index in [1.807, 2.05) is 30.3 Å². The highest BCUT2D eigenvalue weighted by molar-refractivity contribution is 5.98. The van der Waals surface area contributed by atoms with Crippen LogP contribution < -0.4 is 0 Å². The number of nitrogens with zero attached hydrogens (tertiary/aromatic N) is 2. The van der Waals surface area contributed by atoms with Gasteiger partial charge < -0.3 is 9.64 Å². The maximum Gasteiger partial charge on any atom is 0.259 e. The van der Waals surface area contributed by atoms with Gasteiger partial charge in [-0.15, -0.1) is 0 Å². The molecule has 1 saturated carbocycles. The third kappa shape index (κ3) is 4.22. The molecule has 2 aromatic carbocycles. The highest BCUT2D eigenvalue weighted by Crippen LogP contribution is 2.43. The van der Waals surface area contributed by atoms with E-state index in [0.29, 0.717) is 25.3 Å². The van der Waals surface area contributed by atoms with Gasteiger partial charge in [-0.1, -0.05) is 55.8 Å². The summed E-state index contributed by atoms with van der Waals surface area (Å²) in [5.74, 6) is -0.886. The van der Waals surface area contributed by atoms with E-state index in [1.165, 1.54) is 12.1 Å². The molecule has 1 aliphatic heterocycles. The van der Waals surface area contributed by atoms with Crippen molar-refractivity contribution < 1.29 is 18.7 Å². The minimum atomic E-state index is -0.856. The van der Waals surface area contributed by atoms with Crippen LogP contribution in [0.4, 0.5) is 4.39 Å². The van der Waals surface area contributed by atoms with Crippen LogP contribution in [-0.4, -0.2) is 47.0 Å². The largest absolute Gasteiger partial charge is 0.353 e. The first kappa shape index (κ1) is 21.5. The second kappa shape index (κ2) is 8.79. The zero-order chi connectivity index (χ0) is 22.0. The molecule has 0 unspecified atom stereocenters. The van der Waals surface area contributed by atoms with E-state index in [-0.39, 0.29) is 18.1 Å². The maximum atomic E-state index is 14.5. The van der Waals surface area contributed by atoms with E-state index in [2.05, 4.69) is 6.92 Å². The zero-order valence-corrected chi connectivity index (χ0v) is 18.1. The van der Waals surface area contributed by atoms with Gasteiger partial charge in [0.2, 0.25) is 5.91 Å². The van der Waals surface area contributed by atoms with Gasteiger partial charge in [-0.05, 0) is 42.9 Å². The van der Waals surface area contributed by atoms with E-state index >= 15 is 0 Å². The van der Waals surface area contributed by atoms with Crippen LogP contribution in [0, 0.1) is 11.7 Å². The molecule has 5 nitrogen and oxygen atoms in total. The standard InChI is InChI=1S/C25H29FN2O3/c1-18-9-8-14-25(15-18)28(23(29)20-12-6-7-13-21(20)26)22(17-31-25)24(30)27(2)16-19-10-4-3-5-11-19/h3-7,10-13,18,22H,8-9,14-17H2,1-2H3/t18-,22+,25+/m1/s1. The highest BCUT2D eigenvalue weighted by Gasteiger charge is 2.54. The molecule has 1 heterocycles. The summed E-state index contributed by atoms with van der Waals surface area (Å²) in [7, 11) is 1.73. The van der Waals surface area contributed by atoms with Crippen LogP contribution in [0.1, 0.15) is 48.5 Å². The van der Waals surface area contributed by atoms with E-state index < -0.39 is 23.5 Å². The van der Waals surface area contributed by atoms with Crippen LogP contribution in [0.25, 0.3) is 0 Å². The Morgan fingerprint density at radius 3 is 2.58 bits per heavy atom. The second-order valence-corrected chi connectivity index (χ2v) is 8.81. The van der Waals surface area contributed by atoms with E-state index in [4.69, 9.17) is 4.74 Å². The van der Waals surface area contributed by atoms with Crippen molar-refractivity contribution in [3.05, 3.63) is 71.5 Å². The van der Waals surface area contributed by atoms with E-state index in [9.17, 15) is 14.0 Å². The van der Waals surface area contributed by atoms with Gasteiger partial charge in [0.25, 0.3) is 5.91 Å². The fourth-order valence-electron chi connectivity index (χ4n) is 4.95. The number of amides is 2. The lowest BCUT2D eigenvalue weighted by Gasteiger charge is -2.43. The van der Waals surface area contributed by atoms with Crippen LogP contribution in [0.2, 0.25) is 0 Å². The Kier molecular flexibility index (Phi) is 6.10. The molecular formula is C25H29FN2O3. The summed E-state index contributed by atoms with van der Waals surface area (Å²) in [6, 6.07) is 14.9. The SMILES string of the molecule is C[C@@H]1CCC[C@@]2(C1)OC[C@@H](C(=O)N(C)Cc1ccccc1)N2C(=O)c1ccccc1F. The molecule has 2 aliphatic rings. The fraction of sp³-hybridized carbons (Fsp3) is 0.440. The first-order valence-electron chi connectivity index (χ1n) is 10.9. The number of benzene rings is 2. The van der Waals surface area contributed by atoms with Crippen molar-refractivity contribution in [1.29, 1.82) is 0 Å². The Balaban J connectivity index is 1.65. The summed E-state index contributed by atoms with van der Waals surface area (Å²) in [5, 5.41) is 0. The highest BCUT2D eigenvalue weighted by atomic mass is 19.1. The van der Waals surface area contributed by atoms with Crippen molar-refractivity contribution >= 4 is 11.8 Å². The summed E-state index contributed by atoms with van der Waals surface area (Å²) in [6.07, 6.45) is 3.27. The summed E-state index contributed by atoms with van der Waals surface area (Å²) >= 11 is 0. The fourth-order valence-corrected chi connectivity index (χ4v) is 4.95. The molecule has 0 aromatic heterocycles. The Bertz CT molecular complexity index is 951. The quantitative estimate of drug-likeness (QED) is 0.738. The van der Waals surface area contributed by atoms with Crippen LogP contribution in [0.15, 0.2) is 54.6 Å². The normalized spacial score (nSPS) is 25.6. The van der Waals surface area contributed by atoms with Crippen molar-refractivity contribution in [2.45, 2.75) is 50.9 Å². The van der Waals surface area contributed by atoms with E-state index in [1.54, 1.807) is 29.0 Å². The van der Waals surface area contributed by atoms with Crippen LogP contribution in [-0.2, 0) is 16.1 Å².